The maximum Gasteiger partial charge on any atom is 0.427 e. The molecular weight excluding hydrogens is 325 g/mol. The zero-order chi connectivity index (χ0) is 17.3. The SMILES string of the molecule is O=C1C=CC(C(O)(O)Cc2cccc(O)c2)C(NP(=O)(O)O)=C1. The van der Waals surface area contributed by atoms with E-state index in [-0.39, 0.29) is 17.9 Å². The maximum absolute atomic E-state index is 11.4. The number of phenols is 1. The van der Waals surface area contributed by atoms with Gasteiger partial charge in [0.05, 0.1) is 5.92 Å². The third-order valence-electron chi connectivity index (χ3n) is 3.23. The topological polar surface area (TPSA) is 147 Å². The minimum Gasteiger partial charge on any atom is -0.508 e. The van der Waals surface area contributed by atoms with Gasteiger partial charge < -0.3 is 25.1 Å². The number of allylic oxidation sites excluding steroid dienone is 2. The fourth-order valence-electron chi connectivity index (χ4n) is 2.34. The Morgan fingerprint density at radius 3 is 2.57 bits per heavy atom. The molecule has 1 aliphatic carbocycles. The van der Waals surface area contributed by atoms with Gasteiger partial charge >= 0.3 is 7.75 Å². The first kappa shape index (κ1) is 17.4. The second kappa shape index (κ2) is 6.27. The molecule has 1 unspecified atom stereocenters. The normalized spacial score (nSPS) is 18.7. The molecule has 0 spiro atoms. The van der Waals surface area contributed by atoms with Gasteiger partial charge in [-0.15, -0.1) is 0 Å². The van der Waals surface area contributed by atoms with Crippen molar-refractivity contribution in [3.63, 3.8) is 0 Å². The fraction of sp³-hybridized carbons (Fsp3) is 0.214. The van der Waals surface area contributed by atoms with Crippen LogP contribution >= 0.6 is 7.75 Å². The van der Waals surface area contributed by atoms with Gasteiger partial charge in [-0.2, -0.15) is 0 Å². The van der Waals surface area contributed by atoms with Crippen LogP contribution in [-0.4, -0.2) is 36.7 Å². The molecule has 1 aliphatic rings. The zero-order valence-corrected chi connectivity index (χ0v) is 12.7. The van der Waals surface area contributed by atoms with E-state index in [0.717, 1.165) is 18.2 Å². The Morgan fingerprint density at radius 1 is 1.26 bits per heavy atom. The van der Waals surface area contributed by atoms with Crippen molar-refractivity contribution in [2.24, 2.45) is 5.92 Å². The summed E-state index contributed by atoms with van der Waals surface area (Å²) in [6.07, 6.45) is 2.81. The summed E-state index contributed by atoms with van der Waals surface area (Å²) in [5.74, 6) is -4.28. The lowest BCUT2D eigenvalue weighted by atomic mass is 9.86. The van der Waals surface area contributed by atoms with Gasteiger partial charge in [-0.3, -0.25) is 9.88 Å². The molecule has 0 aromatic heterocycles. The fourth-order valence-corrected chi connectivity index (χ4v) is 2.88. The van der Waals surface area contributed by atoms with E-state index in [0.29, 0.717) is 5.56 Å². The van der Waals surface area contributed by atoms with Crippen molar-refractivity contribution in [3.05, 3.63) is 53.8 Å². The molecule has 1 atom stereocenters. The number of ketones is 1. The summed E-state index contributed by atoms with van der Waals surface area (Å²) in [4.78, 5) is 29.4. The lowest BCUT2D eigenvalue weighted by Crippen LogP contribution is -2.43. The van der Waals surface area contributed by atoms with Crippen LogP contribution in [0.2, 0.25) is 0 Å². The highest BCUT2D eigenvalue weighted by Crippen LogP contribution is 2.37. The van der Waals surface area contributed by atoms with Crippen molar-refractivity contribution in [2.45, 2.75) is 12.2 Å². The number of carbonyl (C=O) groups is 1. The van der Waals surface area contributed by atoms with Gasteiger partial charge in [-0.1, -0.05) is 18.2 Å². The van der Waals surface area contributed by atoms with Crippen molar-refractivity contribution in [2.75, 3.05) is 0 Å². The molecule has 9 heteroatoms. The van der Waals surface area contributed by atoms with E-state index in [4.69, 9.17) is 9.79 Å². The van der Waals surface area contributed by atoms with E-state index in [1.54, 1.807) is 6.07 Å². The number of carbonyl (C=O) groups excluding carboxylic acids is 1. The van der Waals surface area contributed by atoms with E-state index in [2.05, 4.69) is 0 Å². The molecule has 0 bridgehead atoms. The molecular formula is C14H16NO7P. The lowest BCUT2D eigenvalue weighted by Gasteiger charge is -2.33. The minimum absolute atomic E-state index is 0.0585. The van der Waals surface area contributed by atoms with Crippen LogP contribution in [0.5, 0.6) is 5.75 Å². The Labute approximate surface area is 131 Å². The summed E-state index contributed by atoms with van der Waals surface area (Å²) in [6, 6.07) is 5.82. The highest BCUT2D eigenvalue weighted by atomic mass is 31.2. The Bertz CT molecular complexity index is 720. The smallest absolute Gasteiger partial charge is 0.427 e. The summed E-state index contributed by atoms with van der Waals surface area (Å²) in [6.45, 7) is 0. The van der Waals surface area contributed by atoms with Crippen molar-refractivity contribution < 1.29 is 34.5 Å². The Hall–Kier alpha value is -1.96. The number of rotatable bonds is 5. The van der Waals surface area contributed by atoms with E-state index in [9.17, 15) is 24.7 Å². The average Bonchev–Trinajstić information content (AvgIpc) is 2.35. The molecule has 0 amide bonds. The standard InChI is InChI=1S/C14H16NO7P/c16-10-3-1-2-9(6-10)8-14(18,19)12-5-4-11(17)7-13(12)15-23(20,21)22/h1-7,12,16,18-19H,8H2,(H3,15,20,21,22). The van der Waals surface area contributed by atoms with Gasteiger partial charge in [-0.25, -0.2) is 4.57 Å². The number of phenolic OH excluding ortho intramolecular Hbond substituents is 1. The zero-order valence-electron chi connectivity index (χ0n) is 11.8. The van der Waals surface area contributed by atoms with Crippen molar-refractivity contribution >= 4 is 13.5 Å². The van der Waals surface area contributed by atoms with Crippen LogP contribution in [0.3, 0.4) is 0 Å². The second-order valence-electron chi connectivity index (χ2n) is 5.22. The summed E-state index contributed by atoms with van der Waals surface area (Å²) in [5, 5.41) is 31.9. The molecule has 0 saturated heterocycles. The predicted molar refractivity (Wildman–Crippen MR) is 79.9 cm³/mol. The number of nitrogens with one attached hydrogen (secondary N) is 1. The van der Waals surface area contributed by atoms with Crippen molar-refractivity contribution in [3.8, 4) is 5.75 Å². The summed E-state index contributed by atoms with van der Waals surface area (Å²) in [7, 11) is -4.72. The van der Waals surface area contributed by atoms with E-state index in [1.165, 1.54) is 18.2 Å². The number of aromatic hydroxyl groups is 1. The third-order valence-corrected chi connectivity index (χ3v) is 3.78. The second-order valence-corrected chi connectivity index (χ2v) is 6.53. The molecule has 8 nitrogen and oxygen atoms in total. The molecule has 2 rings (SSSR count). The van der Waals surface area contributed by atoms with Gasteiger partial charge in [-0.05, 0) is 23.8 Å². The van der Waals surface area contributed by atoms with Gasteiger partial charge in [0, 0.05) is 18.2 Å². The molecule has 124 valence electrons. The van der Waals surface area contributed by atoms with Crippen LogP contribution in [0.25, 0.3) is 0 Å². The van der Waals surface area contributed by atoms with Crippen LogP contribution in [-0.2, 0) is 15.8 Å². The monoisotopic (exact) mass is 341 g/mol. The van der Waals surface area contributed by atoms with Crippen LogP contribution in [0.4, 0.5) is 0 Å². The quantitative estimate of drug-likeness (QED) is 0.322. The molecule has 0 radical (unpaired) electrons. The van der Waals surface area contributed by atoms with Crippen LogP contribution < -0.4 is 5.09 Å². The van der Waals surface area contributed by atoms with Gasteiger partial charge in [0.2, 0.25) is 0 Å². The number of hydrogen-bond acceptors (Lipinski definition) is 5. The summed E-state index contributed by atoms with van der Waals surface area (Å²) >= 11 is 0. The van der Waals surface area contributed by atoms with Crippen LogP contribution in [0.15, 0.2) is 48.2 Å². The first-order valence-corrected chi connectivity index (χ1v) is 8.18. The maximum atomic E-state index is 11.4. The number of hydrogen-bond donors (Lipinski definition) is 6. The van der Waals surface area contributed by atoms with Gasteiger partial charge in [0.1, 0.15) is 5.75 Å². The first-order valence-electron chi connectivity index (χ1n) is 6.57. The Morgan fingerprint density at radius 2 is 1.96 bits per heavy atom. The van der Waals surface area contributed by atoms with Crippen molar-refractivity contribution in [1.82, 2.24) is 5.09 Å². The highest BCUT2D eigenvalue weighted by molar-refractivity contribution is 7.49. The molecule has 0 fully saturated rings. The van der Waals surface area contributed by atoms with Crippen LogP contribution in [0.1, 0.15) is 5.56 Å². The lowest BCUT2D eigenvalue weighted by molar-refractivity contribution is -0.180. The third kappa shape index (κ3) is 4.75. The van der Waals surface area contributed by atoms with E-state index in [1.807, 2.05) is 5.09 Å². The van der Waals surface area contributed by atoms with Crippen molar-refractivity contribution in [1.29, 1.82) is 0 Å². The summed E-state index contributed by atoms with van der Waals surface area (Å²) in [5.41, 5.74) is 0.104. The van der Waals surface area contributed by atoms with Crippen LogP contribution in [0, 0.1) is 5.92 Å². The molecule has 1 aromatic carbocycles. The molecule has 6 N–H and O–H groups in total. The number of aliphatic hydroxyl groups is 2. The Kier molecular flexibility index (Phi) is 4.74. The van der Waals surface area contributed by atoms with E-state index < -0.39 is 25.2 Å². The predicted octanol–water partition coefficient (Wildman–Crippen LogP) is -0.0631. The molecule has 1 aromatic rings. The Balaban J connectivity index is 2.28. The molecule has 0 aliphatic heterocycles. The first-order chi connectivity index (χ1) is 10.6. The molecule has 0 heterocycles. The molecule has 0 saturated carbocycles. The largest absolute Gasteiger partial charge is 0.508 e. The van der Waals surface area contributed by atoms with Gasteiger partial charge in [0.15, 0.2) is 11.6 Å². The average molecular weight is 341 g/mol. The summed E-state index contributed by atoms with van der Waals surface area (Å²) < 4.78 is 11.1. The minimum atomic E-state index is -4.72. The van der Waals surface area contributed by atoms with E-state index >= 15 is 0 Å². The highest BCUT2D eigenvalue weighted by Gasteiger charge is 2.39. The molecule has 23 heavy (non-hydrogen) atoms. The number of benzene rings is 1. The van der Waals surface area contributed by atoms with Gasteiger partial charge in [0.25, 0.3) is 0 Å².